The highest BCUT2D eigenvalue weighted by molar-refractivity contribution is 5.74. The van der Waals surface area contributed by atoms with Gasteiger partial charge in [-0.1, -0.05) is 6.07 Å². The van der Waals surface area contributed by atoms with Gasteiger partial charge in [-0.25, -0.2) is 9.18 Å². The van der Waals surface area contributed by atoms with Crippen molar-refractivity contribution in [3.05, 3.63) is 35.1 Å². The molecule has 0 heterocycles. The molecule has 1 N–H and O–H groups in total. The maximum Gasteiger partial charge on any atom is 0.337 e. The van der Waals surface area contributed by atoms with Crippen LogP contribution in [0.3, 0.4) is 0 Å². The molecule has 0 saturated carbocycles. The fourth-order valence-electron chi connectivity index (χ4n) is 1.35. The Bertz CT molecular complexity index is 363. The van der Waals surface area contributed by atoms with Crippen LogP contribution < -0.4 is 0 Å². The number of benzene rings is 1. The molecule has 0 aliphatic rings. The van der Waals surface area contributed by atoms with E-state index in [-0.39, 0.29) is 6.61 Å². The zero-order chi connectivity index (χ0) is 11.4. The summed E-state index contributed by atoms with van der Waals surface area (Å²) >= 11 is 0. The number of halogens is 1. The molecule has 0 radical (unpaired) electrons. The van der Waals surface area contributed by atoms with Crippen molar-refractivity contribution in [3.8, 4) is 0 Å². The van der Waals surface area contributed by atoms with Gasteiger partial charge in [0.05, 0.1) is 0 Å². The van der Waals surface area contributed by atoms with Gasteiger partial charge in [-0.15, -0.1) is 0 Å². The van der Waals surface area contributed by atoms with Gasteiger partial charge in [0.25, 0.3) is 0 Å². The first kappa shape index (κ1) is 11.7. The van der Waals surface area contributed by atoms with Crippen molar-refractivity contribution in [3.63, 3.8) is 0 Å². The molecule has 1 aromatic rings. The van der Waals surface area contributed by atoms with Crippen molar-refractivity contribution in [2.75, 3.05) is 6.61 Å². The molecule has 0 bridgehead atoms. The Morgan fingerprint density at radius 2 is 2.27 bits per heavy atom. The number of rotatable bonds is 4. The van der Waals surface area contributed by atoms with Crippen LogP contribution in [-0.2, 0) is 9.53 Å². The molecule has 3 nitrogen and oxygen atoms in total. The molecular formula is C11H13FO3. The van der Waals surface area contributed by atoms with Gasteiger partial charge in [-0.3, -0.25) is 0 Å². The third kappa shape index (κ3) is 2.76. The Kier molecular flexibility index (Phi) is 3.80. The van der Waals surface area contributed by atoms with Crippen molar-refractivity contribution in [2.24, 2.45) is 0 Å². The highest BCUT2D eigenvalue weighted by atomic mass is 19.1. The molecule has 1 unspecified atom stereocenters. The van der Waals surface area contributed by atoms with E-state index < -0.39 is 17.9 Å². The summed E-state index contributed by atoms with van der Waals surface area (Å²) in [7, 11) is 0. The molecule has 0 amide bonds. The van der Waals surface area contributed by atoms with E-state index in [2.05, 4.69) is 0 Å². The van der Waals surface area contributed by atoms with Crippen LogP contribution in [0.15, 0.2) is 18.2 Å². The van der Waals surface area contributed by atoms with E-state index in [1.54, 1.807) is 19.9 Å². The predicted octanol–water partition coefficient (Wildman–Crippen LogP) is 2.30. The number of carboxylic acids is 1. The van der Waals surface area contributed by atoms with E-state index in [1.807, 2.05) is 0 Å². The molecule has 0 aromatic heterocycles. The van der Waals surface area contributed by atoms with Crippen molar-refractivity contribution >= 4 is 5.97 Å². The largest absolute Gasteiger partial charge is 0.479 e. The average molecular weight is 212 g/mol. The van der Waals surface area contributed by atoms with Crippen molar-refractivity contribution < 1.29 is 19.0 Å². The molecule has 0 saturated heterocycles. The molecule has 0 fully saturated rings. The molecule has 15 heavy (non-hydrogen) atoms. The van der Waals surface area contributed by atoms with Crippen molar-refractivity contribution in [1.29, 1.82) is 0 Å². The molecular weight excluding hydrogens is 199 g/mol. The highest BCUT2D eigenvalue weighted by Crippen LogP contribution is 2.22. The molecule has 1 aromatic carbocycles. The van der Waals surface area contributed by atoms with Gasteiger partial charge in [-0.05, 0) is 37.1 Å². The van der Waals surface area contributed by atoms with Gasteiger partial charge in [0.15, 0.2) is 6.10 Å². The number of ether oxygens (including phenoxy) is 1. The average Bonchev–Trinajstić information content (AvgIpc) is 2.18. The molecule has 0 spiro atoms. The summed E-state index contributed by atoms with van der Waals surface area (Å²) in [5, 5.41) is 8.93. The van der Waals surface area contributed by atoms with Gasteiger partial charge in [-0.2, -0.15) is 0 Å². The Balaban J connectivity index is 3.09. The lowest BCUT2D eigenvalue weighted by atomic mass is 10.0. The van der Waals surface area contributed by atoms with E-state index in [9.17, 15) is 9.18 Å². The van der Waals surface area contributed by atoms with Crippen LogP contribution in [0.4, 0.5) is 4.39 Å². The van der Waals surface area contributed by atoms with Crippen LogP contribution in [0.2, 0.25) is 0 Å². The number of hydrogen-bond acceptors (Lipinski definition) is 2. The van der Waals surface area contributed by atoms with Crippen LogP contribution in [0.1, 0.15) is 24.2 Å². The number of carboxylic acid groups (broad SMARTS) is 1. The monoisotopic (exact) mass is 212 g/mol. The van der Waals surface area contributed by atoms with Gasteiger partial charge < -0.3 is 9.84 Å². The van der Waals surface area contributed by atoms with E-state index in [0.717, 1.165) is 0 Å². The van der Waals surface area contributed by atoms with E-state index in [1.165, 1.54) is 12.1 Å². The van der Waals surface area contributed by atoms with Gasteiger partial charge in [0, 0.05) is 6.61 Å². The zero-order valence-corrected chi connectivity index (χ0v) is 8.66. The van der Waals surface area contributed by atoms with E-state index in [4.69, 9.17) is 9.84 Å². The minimum atomic E-state index is -1.11. The lowest BCUT2D eigenvalue weighted by Crippen LogP contribution is -2.16. The molecule has 0 aliphatic carbocycles. The first-order valence-electron chi connectivity index (χ1n) is 4.66. The van der Waals surface area contributed by atoms with Crippen molar-refractivity contribution in [1.82, 2.24) is 0 Å². The summed E-state index contributed by atoms with van der Waals surface area (Å²) in [6, 6.07) is 4.03. The molecule has 1 atom stereocenters. The summed E-state index contributed by atoms with van der Waals surface area (Å²) < 4.78 is 18.0. The summed E-state index contributed by atoms with van der Waals surface area (Å²) in [6.07, 6.45) is -1.09. The number of aryl methyl sites for hydroxylation is 1. The summed E-state index contributed by atoms with van der Waals surface area (Å²) in [5.41, 5.74) is 1.07. The first-order chi connectivity index (χ1) is 7.06. The Morgan fingerprint density at radius 3 is 2.80 bits per heavy atom. The number of aliphatic carboxylic acids is 1. The maximum atomic E-state index is 13.0. The van der Waals surface area contributed by atoms with E-state index in [0.29, 0.717) is 11.1 Å². The van der Waals surface area contributed by atoms with Gasteiger partial charge in [0.1, 0.15) is 5.82 Å². The molecule has 82 valence electrons. The second-order valence-electron chi connectivity index (χ2n) is 3.17. The lowest BCUT2D eigenvalue weighted by molar-refractivity contribution is -0.150. The Labute approximate surface area is 87.5 Å². The molecule has 0 aliphatic heterocycles. The quantitative estimate of drug-likeness (QED) is 0.832. The fourth-order valence-corrected chi connectivity index (χ4v) is 1.35. The predicted molar refractivity (Wildman–Crippen MR) is 53.1 cm³/mol. The lowest BCUT2D eigenvalue weighted by Gasteiger charge is -2.15. The van der Waals surface area contributed by atoms with Crippen LogP contribution in [0.25, 0.3) is 0 Å². The SMILES string of the molecule is CCOC(C(=O)O)c1cc(F)ccc1C. The van der Waals surface area contributed by atoms with Crippen LogP contribution >= 0.6 is 0 Å². The first-order valence-corrected chi connectivity index (χ1v) is 4.66. The minimum absolute atomic E-state index is 0.271. The van der Waals surface area contributed by atoms with Crippen LogP contribution in [-0.4, -0.2) is 17.7 Å². The van der Waals surface area contributed by atoms with Gasteiger partial charge in [0.2, 0.25) is 0 Å². The Morgan fingerprint density at radius 1 is 1.60 bits per heavy atom. The third-order valence-electron chi connectivity index (χ3n) is 2.08. The standard InChI is InChI=1S/C11H13FO3/c1-3-15-10(11(13)14)9-6-8(12)5-4-7(9)2/h4-6,10H,3H2,1-2H3,(H,13,14). The third-order valence-corrected chi connectivity index (χ3v) is 2.08. The highest BCUT2D eigenvalue weighted by Gasteiger charge is 2.22. The summed E-state index contributed by atoms with van der Waals surface area (Å²) in [5.74, 6) is -1.56. The molecule has 4 heteroatoms. The summed E-state index contributed by atoms with van der Waals surface area (Å²) in [4.78, 5) is 10.9. The second-order valence-corrected chi connectivity index (χ2v) is 3.17. The summed E-state index contributed by atoms with van der Waals surface area (Å²) in [6.45, 7) is 3.70. The van der Waals surface area contributed by atoms with E-state index >= 15 is 0 Å². The molecule has 1 rings (SSSR count). The second kappa shape index (κ2) is 4.89. The Hall–Kier alpha value is -1.42. The van der Waals surface area contributed by atoms with Crippen LogP contribution in [0, 0.1) is 12.7 Å². The number of carbonyl (C=O) groups is 1. The van der Waals surface area contributed by atoms with Gasteiger partial charge >= 0.3 is 5.97 Å². The number of hydrogen-bond donors (Lipinski definition) is 1. The maximum absolute atomic E-state index is 13.0. The normalized spacial score (nSPS) is 12.5. The smallest absolute Gasteiger partial charge is 0.337 e. The topological polar surface area (TPSA) is 46.5 Å². The van der Waals surface area contributed by atoms with Crippen molar-refractivity contribution in [2.45, 2.75) is 20.0 Å². The zero-order valence-electron chi connectivity index (χ0n) is 8.66. The van der Waals surface area contributed by atoms with Crippen LogP contribution in [0.5, 0.6) is 0 Å². The minimum Gasteiger partial charge on any atom is -0.479 e. The fraction of sp³-hybridized carbons (Fsp3) is 0.364.